The van der Waals surface area contributed by atoms with Gasteiger partial charge in [0.1, 0.15) is 12.1 Å². The number of sulfonamides is 1. The van der Waals surface area contributed by atoms with E-state index in [1.165, 1.54) is 24.3 Å². The molecule has 2 aromatic carbocycles. The number of carboxylic acid groups (broad SMARTS) is 1. The molecule has 1 aliphatic rings. The van der Waals surface area contributed by atoms with E-state index in [-0.39, 0.29) is 17.3 Å². The molecule has 186 valence electrons. The van der Waals surface area contributed by atoms with E-state index in [4.69, 9.17) is 16.3 Å². The Morgan fingerprint density at radius 3 is 2.43 bits per heavy atom. The summed E-state index contributed by atoms with van der Waals surface area (Å²) in [5.41, 5.74) is 12.7. The molecule has 0 spiro atoms. The fourth-order valence-corrected chi connectivity index (χ4v) is 4.58. The van der Waals surface area contributed by atoms with Crippen LogP contribution in [0.4, 0.5) is 5.69 Å². The number of aliphatic carboxylic acids is 1. The van der Waals surface area contributed by atoms with E-state index in [0.717, 1.165) is 5.56 Å². The Kier molecular flexibility index (Phi) is 8.43. The Morgan fingerprint density at radius 1 is 1.17 bits per heavy atom. The molecular formula is C21H23BrN6O6S. The molecule has 12 nitrogen and oxygen atoms in total. The van der Waals surface area contributed by atoms with Crippen molar-refractivity contribution in [3.63, 3.8) is 0 Å². The number of rotatable bonds is 10. The molecule has 0 bridgehead atoms. The lowest BCUT2D eigenvalue weighted by Crippen LogP contribution is -2.48. The Bertz CT molecular complexity index is 1240. The second-order valence-electron chi connectivity index (χ2n) is 7.53. The number of nitrogens with one attached hydrogen (secondary N) is 2. The van der Waals surface area contributed by atoms with Gasteiger partial charge in [0.05, 0.1) is 22.7 Å². The molecule has 0 aromatic heterocycles. The molecule has 14 heteroatoms. The SMILES string of the molecule is NC(N)=Nc1ccc(C2=NO[C@@H](CC(=O)NC[C@H](NS(=O)(=O)c3ccc(Br)cc3)C(=O)O)C2)cc1. The maximum atomic E-state index is 12.5. The second-order valence-corrected chi connectivity index (χ2v) is 10.2. The van der Waals surface area contributed by atoms with Gasteiger partial charge in [-0.2, -0.15) is 4.72 Å². The monoisotopic (exact) mass is 566 g/mol. The Labute approximate surface area is 209 Å². The molecular weight excluding hydrogens is 544 g/mol. The van der Waals surface area contributed by atoms with Gasteiger partial charge < -0.3 is 26.7 Å². The first-order valence-corrected chi connectivity index (χ1v) is 12.5. The van der Waals surface area contributed by atoms with Crippen molar-refractivity contribution in [3.8, 4) is 0 Å². The van der Waals surface area contributed by atoms with Crippen molar-refractivity contribution >= 4 is 55.2 Å². The normalized spacial score (nSPS) is 16.0. The largest absolute Gasteiger partial charge is 0.480 e. The second kappa shape index (κ2) is 11.3. The van der Waals surface area contributed by atoms with Gasteiger partial charge in [-0.1, -0.05) is 33.2 Å². The average Bonchev–Trinajstić information content (AvgIpc) is 3.25. The zero-order valence-electron chi connectivity index (χ0n) is 18.2. The van der Waals surface area contributed by atoms with Crippen LogP contribution >= 0.6 is 15.9 Å². The van der Waals surface area contributed by atoms with Gasteiger partial charge in [0.15, 0.2) is 5.96 Å². The number of hydrogen-bond donors (Lipinski definition) is 5. The number of carbonyl (C=O) groups excluding carboxylic acids is 1. The molecule has 0 saturated carbocycles. The van der Waals surface area contributed by atoms with Gasteiger partial charge in [0.2, 0.25) is 15.9 Å². The van der Waals surface area contributed by atoms with Crippen LogP contribution in [0, 0.1) is 0 Å². The smallest absolute Gasteiger partial charge is 0.323 e. The van der Waals surface area contributed by atoms with Gasteiger partial charge in [0, 0.05) is 17.4 Å². The third-order valence-electron chi connectivity index (χ3n) is 4.83. The molecule has 1 aliphatic heterocycles. The van der Waals surface area contributed by atoms with Crippen LogP contribution in [-0.2, 0) is 24.4 Å². The van der Waals surface area contributed by atoms with Crippen LogP contribution in [0.25, 0.3) is 0 Å². The summed E-state index contributed by atoms with van der Waals surface area (Å²) in [7, 11) is -4.11. The van der Waals surface area contributed by atoms with Gasteiger partial charge in [-0.25, -0.2) is 13.4 Å². The number of nitrogens with two attached hydrogens (primary N) is 2. The lowest BCUT2D eigenvalue weighted by atomic mass is 10.0. The molecule has 1 amide bonds. The summed E-state index contributed by atoms with van der Waals surface area (Å²) in [5, 5.41) is 15.8. The van der Waals surface area contributed by atoms with Gasteiger partial charge >= 0.3 is 5.97 Å². The number of carbonyl (C=O) groups is 2. The Balaban J connectivity index is 1.51. The zero-order chi connectivity index (χ0) is 25.6. The van der Waals surface area contributed by atoms with Crippen molar-refractivity contribution in [2.45, 2.75) is 29.9 Å². The minimum absolute atomic E-state index is 0.0587. The summed E-state index contributed by atoms with van der Waals surface area (Å²) in [6.07, 6.45) is -0.288. The van der Waals surface area contributed by atoms with E-state index in [1.807, 2.05) is 0 Å². The molecule has 35 heavy (non-hydrogen) atoms. The summed E-state index contributed by atoms with van der Waals surface area (Å²) in [4.78, 5) is 33.0. The van der Waals surface area contributed by atoms with Crippen LogP contribution in [0.1, 0.15) is 18.4 Å². The standard InChI is InChI=1S/C21H23BrN6O6S/c22-13-3-7-16(8-4-13)35(32,33)28-18(20(30)31)11-25-19(29)10-15-9-17(27-34-15)12-1-5-14(6-2-12)26-21(23)24/h1-8,15,18,28H,9-11H2,(H,25,29)(H,30,31)(H4,23,24,26)/t15-,18+/m1/s1. The molecule has 0 radical (unpaired) electrons. The highest BCUT2D eigenvalue weighted by atomic mass is 79.9. The number of hydrogen-bond acceptors (Lipinski definition) is 7. The molecule has 2 aromatic rings. The highest BCUT2D eigenvalue weighted by molar-refractivity contribution is 9.10. The van der Waals surface area contributed by atoms with Crippen LogP contribution in [-0.4, -0.2) is 55.8 Å². The lowest BCUT2D eigenvalue weighted by Gasteiger charge is -2.16. The van der Waals surface area contributed by atoms with Gasteiger partial charge in [-0.15, -0.1) is 0 Å². The van der Waals surface area contributed by atoms with Crippen molar-refractivity contribution in [3.05, 3.63) is 58.6 Å². The number of amides is 1. The van der Waals surface area contributed by atoms with Gasteiger partial charge in [-0.3, -0.25) is 9.59 Å². The Morgan fingerprint density at radius 2 is 1.83 bits per heavy atom. The van der Waals surface area contributed by atoms with Crippen molar-refractivity contribution in [2.24, 2.45) is 21.6 Å². The maximum absolute atomic E-state index is 12.5. The van der Waals surface area contributed by atoms with Crippen molar-refractivity contribution in [1.82, 2.24) is 10.0 Å². The quantitative estimate of drug-likeness (QED) is 0.205. The molecule has 0 fully saturated rings. The number of oxime groups is 1. The predicted octanol–water partition coefficient (Wildman–Crippen LogP) is 0.785. The molecule has 0 saturated heterocycles. The number of carboxylic acids is 1. The number of halogens is 1. The number of nitrogens with zero attached hydrogens (tertiary/aromatic N) is 2. The van der Waals surface area contributed by atoms with Crippen LogP contribution < -0.4 is 21.5 Å². The number of aliphatic imine (C=N–C) groups is 1. The maximum Gasteiger partial charge on any atom is 0.323 e. The Hall–Kier alpha value is -3.49. The fraction of sp³-hybridized carbons (Fsp3) is 0.238. The number of benzene rings is 2. The summed E-state index contributed by atoms with van der Waals surface area (Å²) in [6, 6.07) is 11.1. The first-order chi connectivity index (χ1) is 16.5. The molecule has 2 atom stereocenters. The van der Waals surface area contributed by atoms with Crippen LogP contribution in [0.2, 0.25) is 0 Å². The van der Waals surface area contributed by atoms with Crippen molar-refractivity contribution in [2.75, 3.05) is 6.54 Å². The van der Waals surface area contributed by atoms with Crippen molar-refractivity contribution in [1.29, 1.82) is 0 Å². The lowest BCUT2D eigenvalue weighted by molar-refractivity contribution is -0.138. The highest BCUT2D eigenvalue weighted by Gasteiger charge is 2.28. The molecule has 7 N–H and O–H groups in total. The van der Waals surface area contributed by atoms with Gasteiger partial charge in [0.25, 0.3) is 0 Å². The van der Waals surface area contributed by atoms with E-state index >= 15 is 0 Å². The summed E-state index contributed by atoms with van der Waals surface area (Å²) >= 11 is 3.20. The third-order valence-corrected chi connectivity index (χ3v) is 6.84. The van der Waals surface area contributed by atoms with E-state index in [0.29, 0.717) is 22.3 Å². The summed E-state index contributed by atoms with van der Waals surface area (Å²) in [5.74, 6) is -2.00. The van der Waals surface area contributed by atoms with Gasteiger partial charge in [-0.05, 0) is 42.0 Å². The minimum Gasteiger partial charge on any atom is -0.480 e. The molecule has 3 rings (SSSR count). The summed E-state index contributed by atoms with van der Waals surface area (Å²) in [6.45, 7) is -0.448. The summed E-state index contributed by atoms with van der Waals surface area (Å²) < 4.78 is 27.7. The molecule has 0 aliphatic carbocycles. The van der Waals surface area contributed by atoms with E-state index in [9.17, 15) is 23.1 Å². The van der Waals surface area contributed by atoms with E-state index in [1.54, 1.807) is 24.3 Å². The molecule has 0 unspecified atom stereocenters. The highest BCUT2D eigenvalue weighted by Crippen LogP contribution is 2.21. The first kappa shape index (κ1) is 26.1. The van der Waals surface area contributed by atoms with Crippen LogP contribution in [0.5, 0.6) is 0 Å². The van der Waals surface area contributed by atoms with E-state index in [2.05, 4.69) is 36.1 Å². The topological polar surface area (TPSA) is 199 Å². The number of guanidine groups is 1. The first-order valence-electron chi connectivity index (χ1n) is 10.2. The van der Waals surface area contributed by atoms with Crippen LogP contribution in [0.15, 0.2) is 68.0 Å². The van der Waals surface area contributed by atoms with Crippen LogP contribution in [0.3, 0.4) is 0 Å². The molecule has 1 heterocycles. The average molecular weight is 567 g/mol. The third kappa shape index (κ3) is 7.50. The fourth-order valence-electron chi connectivity index (χ4n) is 3.13. The minimum atomic E-state index is -4.11. The van der Waals surface area contributed by atoms with Crippen molar-refractivity contribution < 1.29 is 28.0 Å². The zero-order valence-corrected chi connectivity index (χ0v) is 20.6. The van der Waals surface area contributed by atoms with E-state index < -0.39 is 40.6 Å². The predicted molar refractivity (Wildman–Crippen MR) is 131 cm³/mol.